The Morgan fingerprint density at radius 3 is 2.67 bits per heavy atom. The molecule has 0 fully saturated rings. The third-order valence-corrected chi connectivity index (χ3v) is 3.01. The Bertz CT molecular complexity index is 791. The van der Waals surface area contributed by atoms with Crippen LogP contribution < -0.4 is 10.6 Å². The van der Waals surface area contributed by atoms with Gasteiger partial charge in [-0.1, -0.05) is 11.6 Å². The van der Waals surface area contributed by atoms with Crippen LogP contribution in [-0.4, -0.2) is 27.7 Å². The number of benzene rings is 1. The summed E-state index contributed by atoms with van der Waals surface area (Å²) in [6, 6.07) is 4.41. The first-order chi connectivity index (χ1) is 10.0. The number of rotatable bonds is 2. The fourth-order valence-electron chi connectivity index (χ4n) is 1.89. The third kappa shape index (κ3) is 2.46. The van der Waals surface area contributed by atoms with Gasteiger partial charge in [0, 0.05) is 5.69 Å². The zero-order valence-corrected chi connectivity index (χ0v) is 11.1. The second-order valence-corrected chi connectivity index (χ2v) is 4.61. The molecular formula is C13H7ClN4O3. The average Bonchev–Trinajstić information content (AvgIpc) is 2.74. The van der Waals surface area contributed by atoms with E-state index in [9.17, 15) is 14.4 Å². The van der Waals surface area contributed by atoms with Crippen molar-refractivity contribution in [1.82, 2.24) is 15.3 Å². The number of nitrogens with one attached hydrogen (secondary N) is 2. The summed E-state index contributed by atoms with van der Waals surface area (Å²) >= 11 is 5.66. The van der Waals surface area contributed by atoms with E-state index in [1.165, 1.54) is 30.6 Å². The van der Waals surface area contributed by atoms with Gasteiger partial charge in [-0.15, -0.1) is 0 Å². The molecule has 0 spiro atoms. The molecule has 8 heteroatoms. The maximum absolute atomic E-state index is 12.0. The molecule has 2 aromatic rings. The zero-order valence-electron chi connectivity index (χ0n) is 10.4. The second kappa shape index (κ2) is 4.95. The van der Waals surface area contributed by atoms with Crippen molar-refractivity contribution in [1.29, 1.82) is 0 Å². The van der Waals surface area contributed by atoms with Crippen LogP contribution in [-0.2, 0) is 0 Å². The Morgan fingerprint density at radius 1 is 1.14 bits per heavy atom. The number of halogens is 1. The highest BCUT2D eigenvalue weighted by Crippen LogP contribution is 2.20. The fraction of sp³-hybridized carbons (Fsp3) is 0. The second-order valence-electron chi connectivity index (χ2n) is 4.22. The molecule has 1 aliphatic rings. The number of nitrogens with zero attached hydrogens (tertiary/aromatic N) is 2. The van der Waals surface area contributed by atoms with Crippen molar-refractivity contribution in [2.45, 2.75) is 0 Å². The van der Waals surface area contributed by atoms with Crippen molar-refractivity contribution in [2.75, 3.05) is 5.32 Å². The molecule has 2 N–H and O–H groups in total. The van der Waals surface area contributed by atoms with Crippen molar-refractivity contribution in [3.63, 3.8) is 0 Å². The Morgan fingerprint density at radius 2 is 1.90 bits per heavy atom. The first-order valence-corrected chi connectivity index (χ1v) is 6.21. The Labute approximate surface area is 123 Å². The molecule has 0 radical (unpaired) electrons. The van der Waals surface area contributed by atoms with E-state index >= 15 is 0 Å². The fourth-order valence-corrected chi connectivity index (χ4v) is 2.04. The normalized spacial score (nSPS) is 12.8. The highest BCUT2D eigenvalue weighted by Gasteiger charge is 2.26. The van der Waals surface area contributed by atoms with E-state index in [-0.39, 0.29) is 22.0 Å². The topological polar surface area (TPSA) is 101 Å². The maximum Gasteiger partial charge on any atom is 0.275 e. The first kappa shape index (κ1) is 13.2. The molecule has 0 atom stereocenters. The monoisotopic (exact) mass is 302 g/mol. The van der Waals surface area contributed by atoms with Crippen LogP contribution in [0.4, 0.5) is 5.69 Å². The van der Waals surface area contributed by atoms with Gasteiger partial charge in [0.15, 0.2) is 0 Å². The van der Waals surface area contributed by atoms with E-state index in [2.05, 4.69) is 20.6 Å². The maximum atomic E-state index is 12.0. The summed E-state index contributed by atoms with van der Waals surface area (Å²) in [5.41, 5.74) is 0.907. The molecule has 3 rings (SSSR count). The smallest absolute Gasteiger partial charge is 0.275 e. The lowest BCUT2D eigenvalue weighted by atomic mass is 10.1. The Balaban J connectivity index is 1.86. The molecule has 2 heterocycles. The Kier molecular flexibility index (Phi) is 3.11. The molecule has 0 bridgehead atoms. The first-order valence-electron chi connectivity index (χ1n) is 5.83. The number of carbonyl (C=O) groups is 3. The van der Waals surface area contributed by atoms with Crippen LogP contribution in [0.5, 0.6) is 0 Å². The van der Waals surface area contributed by atoms with Gasteiger partial charge in [-0.2, -0.15) is 0 Å². The van der Waals surface area contributed by atoms with Crippen molar-refractivity contribution < 1.29 is 14.4 Å². The van der Waals surface area contributed by atoms with Crippen molar-refractivity contribution in [3.8, 4) is 0 Å². The van der Waals surface area contributed by atoms with Crippen LogP contribution in [0, 0.1) is 0 Å². The summed E-state index contributed by atoms with van der Waals surface area (Å²) in [4.78, 5) is 42.5. The lowest BCUT2D eigenvalue weighted by Gasteiger charge is -2.05. The van der Waals surface area contributed by atoms with Gasteiger partial charge in [-0.05, 0) is 18.2 Å². The molecular weight excluding hydrogens is 296 g/mol. The molecule has 0 saturated heterocycles. The van der Waals surface area contributed by atoms with E-state index in [0.717, 1.165) is 0 Å². The van der Waals surface area contributed by atoms with Crippen molar-refractivity contribution >= 4 is 35.0 Å². The van der Waals surface area contributed by atoms with E-state index in [4.69, 9.17) is 11.6 Å². The summed E-state index contributed by atoms with van der Waals surface area (Å²) in [6.07, 6.45) is 2.58. The van der Waals surface area contributed by atoms with E-state index in [1.807, 2.05) is 0 Å². The minimum Gasteiger partial charge on any atom is -0.321 e. The number of hydrogen-bond donors (Lipinski definition) is 2. The van der Waals surface area contributed by atoms with E-state index < -0.39 is 17.7 Å². The molecule has 7 nitrogen and oxygen atoms in total. The number of hydrogen-bond acceptors (Lipinski definition) is 5. The number of amides is 3. The summed E-state index contributed by atoms with van der Waals surface area (Å²) < 4.78 is 0. The van der Waals surface area contributed by atoms with Crippen LogP contribution in [0.1, 0.15) is 31.2 Å². The van der Waals surface area contributed by atoms with Gasteiger partial charge in [0.1, 0.15) is 10.8 Å². The van der Waals surface area contributed by atoms with Gasteiger partial charge < -0.3 is 5.32 Å². The number of carbonyl (C=O) groups excluding carboxylic acids is 3. The molecule has 1 aliphatic heterocycles. The number of imide groups is 1. The molecule has 1 aromatic carbocycles. The van der Waals surface area contributed by atoms with Crippen LogP contribution in [0.25, 0.3) is 0 Å². The molecule has 104 valence electrons. The summed E-state index contributed by atoms with van der Waals surface area (Å²) in [5.74, 6) is -1.46. The third-order valence-electron chi connectivity index (χ3n) is 2.83. The minimum absolute atomic E-state index is 0.0449. The van der Waals surface area contributed by atoms with E-state index in [0.29, 0.717) is 5.69 Å². The molecule has 1 aromatic heterocycles. The van der Waals surface area contributed by atoms with Crippen LogP contribution in [0.2, 0.25) is 5.15 Å². The van der Waals surface area contributed by atoms with Crippen molar-refractivity contribution in [2.24, 2.45) is 0 Å². The van der Waals surface area contributed by atoms with Gasteiger partial charge in [-0.25, -0.2) is 4.98 Å². The van der Waals surface area contributed by atoms with Gasteiger partial charge >= 0.3 is 0 Å². The largest absolute Gasteiger partial charge is 0.321 e. The minimum atomic E-state index is -0.519. The highest BCUT2D eigenvalue weighted by atomic mass is 35.5. The van der Waals surface area contributed by atoms with Gasteiger partial charge in [0.2, 0.25) is 0 Å². The summed E-state index contributed by atoms with van der Waals surface area (Å²) in [6.45, 7) is 0. The van der Waals surface area contributed by atoms with Crippen LogP contribution >= 0.6 is 11.6 Å². The van der Waals surface area contributed by atoms with Crippen molar-refractivity contribution in [3.05, 3.63) is 52.6 Å². The Hall–Kier alpha value is -2.80. The number of aromatic nitrogens is 2. The van der Waals surface area contributed by atoms with Gasteiger partial charge in [-0.3, -0.25) is 24.7 Å². The molecule has 0 unspecified atom stereocenters. The molecule has 0 aliphatic carbocycles. The van der Waals surface area contributed by atoms with Gasteiger partial charge in [0.25, 0.3) is 17.7 Å². The predicted octanol–water partition coefficient (Wildman–Crippen LogP) is 1.27. The molecule has 3 amide bonds. The molecule has 21 heavy (non-hydrogen) atoms. The lowest BCUT2D eigenvalue weighted by Crippen LogP contribution is -2.19. The van der Waals surface area contributed by atoms with Crippen LogP contribution in [0.15, 0.2) is 30.6 Å². The quantitative estimate of drug-likeness (QED) is 0.813. The lowest BCUT2D eigenvalue weighted by molar-refractivity contribution is 0.0878. The number of anilines is 1. The average molecular weight is 303 g/mol. The summed E-state index contributed by atoms with van der Waals surface area (Å²) in [7, 11) is 0. The molecule has 0 saturated carbocycles. The van der Waals surface area contributed by atoms with Crippen LogP contribution in [0.3, 0.4) is 0 Å². The predicted molar refractivity (Wildman–Crippen MR) is 73.2 cm³/mol. The summed E-state index contributed by atoms with van der Waals surface area (Å²) in [5, 5.41) is 4.83. The van der Waals surface area contributed by atoms with E-state index in [1.54, 1.807) is 0 Å². The number of fused-ring (bicyclic) bond motifs is 1. The van der Waals surface area contributed by atoms with Gasteiger partial charge in [0.05, 0.1) is 23.5 Å². The standard InChI is InChI=1S/C13H7ClN4O3/c14-10-5-15-4-9(17-10)13(21)16-6-1-2-7-8(3-6)12(20)18-11(7)19/h1-5H,(H,16,21)(H,18,19,20). The SMILES string of the molecule is O=C(Nc1ccc2c(c1)C(=O)NC2=O)c1cncc(Cl)n1. The highest BCUT2D eigenvalue weighted by molar-refractivity contribution is 6.29. The zero-order chi connectivity index (χ0) is 15.0.